The van der Waals surface area contributed by atoms with E-state index < -0.39 is 0 Å². The van der Waals surface area contributed by atoms with Gasteiger partial charge in [-0.1, -0.05) is 30.3 Å². The van der Waals surface area contributed by atoms with Crippen molar-refractivity contribution in [3.63, 3.8) is 0 Å². The van der Waals surface area contributed by atoms with E-state index in [0.29, 0.717) is 12.1 Å². The van der Waals surface area contributed by atoms with Crippen molar-refractivity contribution in [2.75, 3.05) is 7.05 Å². The first-order valence-corrected chi connectivity index (χ1v) is 8.79. The Kier molecular flexibility index (Phi) is 3.92. The highest BCUT2D eigenvalue weighted by atomic mass is 32.1. The average molecular weight is 335 g/mol. The first-order valence-electron chi connectivity index (χ1n) is 7.85. The Hall–Kier alpha value is -2.43. The molecule has 0 amide bonds. The predicted molar refractivity (Wildman–Crippen MR) is 99.5 cm³/mol. The van der Waals surface area contributed by atoms with E-state index >= 15 is 0 Å². The van der Waals surface area contributed by atoms with Gasteiger partial charge in [0.05, 0.1) is 0 Å². The van der Waals surface area contributed by atoms with E-state index in [2.05, 4.69) is 40.9 Å². The molecule has 0 N–H and O–H groups in total. The first-order chi connectivity index (χ1) is 11.7. The Morgan fingerprint density at radius 1 is 1.08 bits per heavy atom. The molecule has 0 fully saturated rings. The Bertz CT molecular complexity index is 1050. The average Bonchev–Trinajstić information content (AvgIpc) is 3.07. The van der Waals surface area contributed by atoms with Crippen molar-refractivity contribution >= 4 is 33.1 Å². The van der Waals surface area contributed by atoms with Crippen molar-refractivity contribution in [3.05, 3.63) is 80.8 Å². The number of nitrogens with zero attached hydrogens (tertiary/aromatic N) is 1. The number of fused-ring (bicyclic) bond motifs is 3. The van der Waals surface area contributed by atoms with Gasteiger partial charge in [-0.25, -0.2) is 4.79 Å². The van der Waals surface area contributed by atoms with Crippen LogP contribution in [0.25, 0.3) is 21.7 Å². The minimum atomic E-state index is -0.295. The van der Waals surface area contributed by atoms with Gasteiger partial charge in [0.25, 0.3) is 0 Å². The van der Waals surface area contributed by atoms with Crippen LogP contribution in [0.3, 0.4) is 0 Å². The third-order valence-electron chi connectivity index (χ3n) is 4.19. The van der Waals surface area contributed by atoms with Crippen LogP contribution in [0.5, 0.6) is 0 Å². The van der Waals surface area contributed by atoms with E-state index in [1.54, 1.807) is 17.4 Å². The summed E-state index contributed by atoms with van der Waals surface area (Å²) in [5.41, 5.74) is 2.66. The molecule has 0 atom stereocenters. The van der Waals surface area contributed by atoms with Gasteiger partial charge in [0.15, 0.2) is 0 Å². The summed E-state index contributed by atoms with van der Waals surface area (Å²) < 4.78 is 5.43. The number of benzene rings is 2. The summed E-state index contributed by atoms with van der Waals surface area (Å²) in [6, 6.07) is 15.9. The number of hydrogen-bond acceptors (Lipinski definition) is 4. The quantitative estimate of drug-likeness (QED) is 0.402. The third kappa shape index (κ3) is 2.86. The van der Waals surface area contributed by atoms with E-state index in [4.69, 9.17) is 4.42 Å². The molecule has 120 valence electrons. The maximum absolute atomic E-state index is 12.0. The number of thiophene rings is 1. The minimum Gasteiger partial charge on any atom is -0.423 e. The van der Waals surface area contributed by atoms with Crippen molar-refractivity contribution in [1.29, 1.82) is 0 Å². The molecule has 3 nitrogen and oxygen atoms in total. The molecule has 4 heteroatoms. The van der Waals surface area contributed by atoms with E-state index in [9.17, 15) is 4.79 Å². The van der Waals surface area contributed by atoms with Crippen LogP contribution in [0.1, 0.15) is 11.1 Å². The summed E-state index contributed by atoms with van der Waals surface area (Å²) in [7, 11) is 2.07. The molecule has 0 aliphatic rings. The zero-order valence-corrected chi connectivity index (χ0v) is 14.2. The van der Waals surface area contributed by atoms with E-state index in [1.165, 1.54) is 5.56 Å². The van der Waals surface area contributed by atoms with Gasteiger partial charge < -0.3 is 4.42 Å². The fourth-order valence-corrected chi connectivity index (χ4v) is 3.85. The molecule has 2 aromatic carbocycles. The molecule has 4 rings (SSSR count). The monoisotopic (exact) mass is 335 g/mol. The highest BCUT2D eigenvalue weighted by Crippen LogP contribution is 2.28. The number of hydrogen-bond donors (Lipinski definition) is 0. The van der Waals surface area contributed by atoms with Crippen LogP contribution >= 0.6 is 11.3 Å². The Morgan fingerprint density at radius 3 is 2.79 bits per heavy atom. The van der Waals surface area contributed by atoms with Gasteiger partial charge in [0.1, 0.15) is 5.58 Å². The lowest BCUT2D eigenvalue weighted by Crippen LogP contribution is -2.18. The summed E-state index contributed by atoms with van der Waals surface area (Å²) >= 11 is 1.70. The summed E-state index contributed by atoms with van der Waals surface area (Å²) in [4.78, 5) is 14.2. The van der Waals surface area contributed by atoms with Crippen molar-refractivity contribution in [3.8, 4) is 0 Å². The van der Waals surface area contributed by atoms with E-state index in [-0.39, 0.29) is 5.63 Å². The molecular formula is C20H17NO2S. The molecule has 2 heterocycles. The molecule has 0 spiro atoms. The molecule has 0 unspecified atom stereocenters. The Balaban J connectivity index is 1.81. The largest absolute Gasteiger partial charge is 0.423 e. The van der Waals surface area contributed by atoms with Gasteiger partial charge in [-0.15, -0.1) is 0 Å². The van der Waals surface area contributed by atoms with Gasteiger partial charge >= 0.3 is 5.63 Å². The normalized spacial score (nSPS) is 11.6. The lowest BCUT2D eigenvalue weighted by molar-refractivity contribution is 0.320. The molecule has 24 heavy (non-hydrogen) atoms. The third-order valence-corrected chi connectivity index (χ3v) is 4.92. The lowest BCUT2D eigenvalue weighted by atomic mass is 10.0. The Labute approximate surface area is 143 Å². The zero-order valence-electron chi connectivity index (χ0n) is 13.4. The van der Waals surface area contributed by atoms with E-state index in [1.807, 2.05) is 24.3 Å². The van der Waals surface area contributed by atoms with Crippen LogP contribution in [0.15, 0.2) is 68.5 Å². The SMILES string of the molecule is CN(Cc1ccsc1)Cc1cc(=O)oc2ccc3ccccc3c12. The summed E-state index contributed by atoms with van der Waals surface area (Å²) in [6.07, 6.45) is 0. The smallest absolute Gasteiger partial charge is 0.336 e. The molecule has 0 aliphatic carbocycles. The van der Waals surface area contributed by atoms with Gasteiger partial charge in [0.2, 0.25) is 0 Å². The minimum absolute atomic E-state index is 0.295. The second-order valence-electron chi connectivity index (χ2n) is 6.05. The second-order valence-corrected chi connectivity index (χ2v) is 6.83. The molecule has 0 aliphatic heterocycles. The predicted octanol–water partition coefficient (Wildman–Crippen LogP) is 4.64. The molecule has 0 bridgehead atoms. The first kappa shape index (κ1) is 15.1. The molecule has 0 radical (unpaired) electrons. The van der Waals surface area contributed by atoms with Crippen LogP contribution in [-0.2, 0) is 13.1 Å². The zero-order chi connectivity index (χ0) is 16.5. The van der Waals surface area contributed by atoms with Crippen molar-refractivity contribution < 1.29 is 4.42 Å². The Morgan fingerprint density at radius 2 is 1.96 bits per heavy atom. The van der Waals surface area contributed by atoms with Crippen LogP contribution in [-0.4, -0.2) is 11.9 Å². The highest BCUT2D eigenvalue weighted by Gasteiger charge is 2.11. The van der Waals surface area contributed by atoms with Crippen molar-refractivity contribution in [1.82, 2.24) is 4.90 Å². The molecular weight excluding hydrogens is 318 g/mol. The lowest BCUT2D eigenvalue weighted by Gasteiger charge is -2.17. The van der Waals surface area contributed by atoms with Crippen LogP contribution in [0.2, 0.25) is 0 Å². The topological polar surface area (TPSA) is 33.5 Å². The number of rotatable bonds is 4. The maximum Gasteiger partial charge on any atom is 0.336 e. The molecule has 0 saturated carbocycles. The van der Waals surface area contributed by atoms with Crippen LogP contribution in [0, 0.1) is 0 Å². The van der Waals surface area contributed by atoms with Crippen LogP contribution in [0.4, 0.5) is 0 Å². The molecule has 0 saturated heterocycles. The van der Waals surface area contributed by atoms with Crippen molar-refractivity contribution in [2.45, 2.75) is 13.1 Å². The molecule has 4 aromatic rings. The maximum atomic E-state index is 12.0. The molecule has 2 aromatic heterocycles. The highest BCUT2D eigenvalue weighted by molar-refractivity contribution is 7.07. The van der Waals surface area contributed by atoms with E-state index in [0.717, 1.165) is 28.3 Å². The fraction of sp³-hybridized carbons (Fsp3) is 0.150. The van der Waals surface area contributed by atoms with Crippen molar-refractivity contribution in [2.24, 2.45) is 0 Å². The summed E-state index contributed by atoms with van der Waals surface area (Å²) in [5, 5.41) is 7.55. The van der Waals surface area contributed by atoms with Gasteiger partial charge in [-0.2, -0.15) is 11.3 Å². The van der Waals surface area contributed by atoms with Gasteiger partial charge in [-0.05, 0) is 51.8 Å². The standard InChI is InChI=1S/C20H17NO2S/c1-21(11-14-8-9-24-13-14)12-16-10-19(22)23-18-7-6-15-4-2-3-5-17(15)20(16)18/h2-10,13H,11-12H2,1H3. The van der Waals surface area contributed by atoms with Gasteiger partial charge in [-0.3, -0.25) is 4.90 Å². The van der Waals surface area contributed by atoms with Crippen LogP contribution < -0.4 is 5.63 Å². The van der Waals surface area contributed by atoms with Gasteiger partial charge in [0, 0.05) is 24.5 Å². The second kappa shape index (κ2) is 6.23. The summed E-state index contributed by atoms with van der Waals surface area (Å²) in [5.74, 6) is 0. The summed E-state index contributed by atoms with van der Waals surface area (Å²) in [6.45, 7) is 1.56. The fourth-order valence-electron chi connectivity index (χ4n) is 3.19.